The molecule has 1 aromatic carbocycles. The monoisotopic (exact) mass is 374 g/mol. The number of nitrogens with one attached hydrogen (secondary N) is 1. The number of amides is 1. The number of ether oxygens (including phenoxy) is 2. The van der Waals surface area contributed by atoms with Crippen LogP contribution in [0.5, 0.6) is 5.75 Å². The van der Waals surface area contributed by atoms with Gasteiger partial charge in [-0.05, 0) is 38.5 Å². The molecule has 27 heavy (non-hydrogen) atoms. The van der Waals surface area contributed by atoms with Gasteiger partial charge in [0.15, 0.2) is 6.61 Å². The van der Waals surface area contributed by atoms with Crippen molar-refractivity contribution in [1.82, 2.24) is 10.5 Å². The molecule has 0 saturated heterocycles. The molecule has 0 radical (unpaired) electrons. The summed E-state index contributed by atoms with van der Waals surface area (Å²) < 4.78 is 15.9. The van der Waals surface area contributed by atoms with Crippen LogP contribution in [0.3, 0.4) is 0 Å². The first-order valence-corrected chi connectivity index (χ1v) is 9.09. The maximum atomic E-state index is 12.1. The first-order chi connectivity index (χ1) is 13.0. The van der Waals surface area contributed by atoms with E-state index in [0.29, 0.717) is 30.2 Å². The van der Waals surface area contributed by atoms with Gasteiger partial charge in [0.1, 0.15) is 18.1 Å². The van der Waals surface area contributed by atoms with Gasteiger partial charge in [-0.15, -0.1) is 0 Å². The van der Waals surface area contributed by atoms with E-state index in [1.54, 1.807) is 24.3 Å². The van der Waals surface area contributed by atoms with E-state index < -0.39 is 5.97 Å². The molecule has 7 nitrogen and oxygen atoms in total. The summed E-state index contributed by atoms with van der Waals surface area (Å²) in [4.78, 5) is 23.8. The van der Waals surface area contributed by atoms with Crippen molar-refractivity contribution in [2.45, 2.75) is 46.6 Å². The Morgan fingerprint density at radius 1 is 1.22 bits per heavy atom. The van der Waals surface area contributed by atoms with Gasteiger partial charge >= 0.3 is 5.97 Å². The van der Waals surface area contributed by atoms with Gasteiger partial charge in [0.25, 0.3) is 5.91 Å². The van der Waals surface area contributed by atoms with Crippen molar-refractivity contribution < 1.29 is 23.6 Å². The number of aryl methyl sites for hydroxylation is 2. The second-order valence-corrected chi connectivity index (χ2v) is 6.25. The molecular formula is C20H26N2O5. The van der Waals surface area contributed by atoms with E-state index in [2.05, 4.69) is 17.4 Å². The number of carbonyl (C=O) groups excluding carboxylic acids is 2. The predicted molar refractivity (Wildman–Crippen MR) is 99.6 cm³/mol. The molecule has 0 spiro atoms. The molecule has 0 aliphatic rings. The Morgan fingerprint density at radius 3 is 2.74 bits per heavy atom. The van der Waals surface area contributed by atoms with Gasteiger partial charge < -0.3 is 19.3 Å². The molecular weight excluding hydrogens is 348 g/mol. The number of rotatable bonds is 10. The zero-order chi connectivity index (χ0) is 19.6. The minimum atomic E-state index is -0.568. The van der Waals surface area contributed by atoms with Crippen LogP contribution in [0.1, 0.15) is 53.6 Å². The zero-order valence-electron chi connectivity index (χ0n) is 16.0. The molecule has 0 bridgehead atoms. The highest BCUT2D eigenvalue weighted by Gasteiger charge is 2.13. The van der Waals surface area contributed by atoms with E-state index in [1.807, 2.05) is 13.8 Å². The standard InChI is InChI=1S/C20H26N2O5/c1-4-5-6-10-21-19(23)13-26-20(24)16-8-7-9-17(11-16)25-12-18-14(2)22-27-15(18)3/h7-9,11H,4-6,10,12-13H2,1-3H3,(H,21,23). The topological polar surface area (TPSA) is 90.7 Å². The number of esters is 1. The molecule has 0 aliphatic carbocycles. The summed E-state index contributed by atoms with van der Waals surface area (Å²) >= 11 is 0. The van der Waals surface area contributed by atoms with E-state index >= 15 is 0 Å². The van der Waals surface area contributed by atoms with E-state index in [1.165, 1.54) is 0 Å². The Labute approximate surface area is 159 Å². The summed E-state index contributed by atoms with van der Waals surface area (Å²) in [5.41, 5.74) is 1.97. The second-order valence-electron chi connectivity index (χ2n) is 6.25. The molecule has 1 heterocycles. The molecule has 146 valence electrons. The van der Waals surface area contributed by atoms with Gasteiger partial charge in [-0.1, -0.05) is 31.0 Å². The van der Waals surface area contributed by atoms with Crippen LogP contribution >= 0.6 is 0 Å². The zero-order valence-corrected chi connectivity index (χ0v) is 16.0. The van der Waals surface area contributed by atoms with E-state index in [4.69, 9.17) is 14.0 Å². The summed E-state index contributed by atoms with van der Waals surface area (Å²) in [6, 6.07) is 6.64. The summed E-state index contributed by atoms with van der Waals surface area (Å²) in [6.45, 7) is 6.34. The molecule has 0 unspecified atom stereocenters. The molecule has 0 saturated carbocycles. The van der Waals surface area contributed by atoms with Crippen molar-refractivity contribution in [3.8, 4) is 5.75 Å². The van der Waals surface area contributed by atoms with Crippen LogP contribution in [-0.4, -0.2) is 30.2 Å². The van der Waals surface area contributed by atoms with Gasteiger partial charge in [0.05, 0.1) is 16.8 Å². The lowest BCUT2D eigenvalue weighted by atomic mass is 10.2. The maximum Gasteiger partial charge on any atom is 0.338 e. The van der Waals surface area contributed by atoms with Crippen molar-refractivity contribution in [2.24, 2.45) is 0 Å². The first kappa shape index (κ1) is 20.5. The fraction of sp³-hybridized carbons (Fsp3) is 0.450. The summed E-state index contributed by atoms with van der Waals surface area (Å²) in [5, 5.41) is 6.61. The lowest BCUT2D eigenvalue weighted by Gasteiger charge is -2.09. The SMILES string of the molecule is CCCCCNC(=O)COC(=O)c1cccc(OCc2c(C)noc2C)c1. The van der Waals surface area contributed by atoms with E-state index in [9.17, 15) is 9.59 Å². The second kappa shape index (κ2) is 10.4. The highest BCUT2D eigenvalue weighted by atomic mass is 16.5. The van der Waals surface area contributed by atoms with Gasteiger partial charge in [0.2, 0.25) is 0 Å². The average Bonchev–Trinajstić information content (AvgIpc) is 2.99. The van der Waals surface area contributed by atoms with Crippen LogP contribution in [0, 0.1) is 13.8 Å². The molecule has 2 rings (SSSR count). The molecule has 1 N–H and O–H groups in total. The van der Waals surface area contributed by atoms with Crippen molar-refractivity contribution in [3.05, 3.63) is 46.8 Å². The average molecular weight is 374 g/mol. The first-order valence-electron chi connectivity index (χ1n) is 9.09. The van der Waals surface area contributed by atoms with Gasteiger partial charge in [-0.3, -0.25) is 4.79 Å². The molecule has 2 aromatic rings. The highest BCUT2D eigenvalue weighted by molar-refractivity contribution is 5.91. The lowest BCUT2D eigenvalue weighted by Crippen LogP contribution is -2.29. The van der Waals surface area contributed by atoms with Crippen molar-refractivity contribution in [1.29, 1.82) is 0 Å². The smallest absolute Gasteiger partial charge is 0.338 e. The van der Waals surface area contributed by atoms with Crippen LogP contribution in [0.2, 0.25) is 0 Å². The Hall–Kier alpha value is -2.83. The fourth-order valence-corrected chi connectivity index (χ4v) is 2.44. The Balaban J connectivity index is 1.83. The minimum absolute atomic E-state index is 0.292. The van der Waals surface area contributed by atoms with Crippen LogP contribution in [-0.2, 0) is 16.1 Å². The van der Waals surface area contributed by atoms with Gasteiger partial charge in [-0.2, -0.15) is 0 Å². The summed E-state index contributed by atoms with van der Waals surface area (Å²) in [6.07, 6.45) is 3.06. The molecule has 0 aliphatic heterocycles. The maximum absolute atomic E-state index is 12.1. The highest BCUT2D eigenvalue weighted by Crippen LogP contribution is 2.19. The quantitative estimate of drug-likeness (QED) is 0.507. The summed E-state index contributed by atoms with van der Waals surface area (Å²) in [7, 11) is 0. The van der Waals surface area contributed by atoms with E-state index in [0.717, 1.165) is 30.5 Å². The third-order valence-corrected chi connectivity index (χ3v) is 4.07. The number of carbonyl (C=O) groups is 2. The third-order valence-electron chi connectivity index (χ3n) is 4.07. The third kappa shape index (κ3) is 6.44. The molecule has 0 fully saturated rings. The Morgan fingerprint density at radius 2 is 2.04 bits per heavy atom. The number of unbranched alkanes of at least 4 members (excludes halogenated alkanes) is 2. The number of hydrogen-bond donors (Lipinski definition) is 1. The van der Waals surface area contributed by atoms with Crippen molar-refractivity contribution >= 4 is 11.9 Å². The van der Waals surface area contributed by atoms with E-state index in [-0.39, 0.29) is 12.5 Å². The molecule has 7 heteroatoms. The lowest BCUT2D eigenvalue weighted by molar-refractivity contribution is -0.124. The van der Waals surface area contributed by atoms with Crippen LogP contribution in [0.15, 0.2) is 28.8 Å². The Bertz CT molecular complexity index is 750. The molecule has 1 aromatic heterocycles. The summed E-state index contributed by atoms with van der Waals surface area (Å²) in [5.74, 6) is 0.355. The number of aromatic nitrogens is 1. The minimum Gasteiger partial charge on any atom is -0.489 e. The number of nitrogens with zero attached hydrogens (tertiary/aromatic N) is 1. The van der Waals surface area contributed by atoms with Crippen molar-refractivity contribution in [3.63, 3.8) is 0 Å². The Kier molecular flexibility index (Phi) is 7.85. The van der Waals surface area contributed by atoms with Crippen molar-refractivity contribution in [2.75, 3.05) is 13.2 Å². The largest absolute Gasteiger partial charge is 0.489 e. The molecule has 1 amide bonds. The normalized spacial score (nSPS) is 10.5. The predicted octanol–water partition coefficient (Wildman–Crippen LogP) is 3.33. The van der Waals surface area contributed by atoms with Crippen LogP contribution in [0.4, 0.5) is 0 Å². The number of hydrogen-bond acceptors (Lipinski definition) is 6. The fourth-order valence-electron chi connectivity index (χ4n) is 2.44. The van der Waals surface area contributed by atoms with Gasteiger partial charge in [0, 0.05) is 6.54 Å². The number of benzene rings is 1. The van der Waals surface area contributed by atoms with Gasteiger partial charge in [-0.25, -0.2) is 4.79 Å². The van der Waals surface area contributed by atoms with Crippen LogP contribution in [0.25, 0.3) is 0 Å². The molecule has 0 atom stereocenters. The van der Waals surface area contributed by atoms with Crippen LogP contribution < -0.4 is 10.1 Å².